The van der Waals surface area contributed by atoms with Gasteiger partial charge >= 0.3 is 0 Å². The lowest BCUT2D eigenvalue weighted by molar-refractivity contribution is -0.126. The highest BCUT2D eigenvalue weighted by molar-refractivity contribution is 7.12. The summed E-state index contributed by atoms with van der Waals surface area (Å²) in [5, 5.41) is 6.92. The molecular formula is C17H21N3O2S2. The summed E-state index contributed by atoms with van der Waals surface area (Å²) in [6.07, 6.45) is 0. The Kier molecular flexibility index (Phi) is 5.65. The molecule has 3 heterocycles. The highest BCUT2D eigenvalue weighted by Crippen LogP contribution is 2.15. The van der Waals surface area contributed by atoms with Crippen LogP contribution in [0.25, 0.3) is 0 Å². The Bertz CT molecular complexity index is 662. The van der Waals surface area contributed by atoms with Gasteiger partial charge in [-0.25, -0.2) is 0 Å². The summed E-state index contributed by atoms with van der Waals surface area (Å²) in [5.41, 5.74) is 0. The molecule has 1 aliphatic heterocycles. The number of rotatable bonds is 5. The number of thiophene rings is 2. The van der Waals surface area contributed by atoms with Crippen LogP contribution in [0, 0.1) is 0 Å². The Balaban J connectivity index is 1.47. The van der Waals surface area contributed by atoms with Crippen molar-refractivity contribution < 1.29 is 9.59 Å². The molecule has 1 unspecified atom stereocenters. The van der Waals surface area contributed by atoms with Crippen molar-refractivity contribution in [3.05, 3.63) is 44.8 Å². The zero-order valence-electron chi connectivity index (χ0n) is 13.6. The van der Waals surface area contributed by atoms with Gasteiger partial charge < -0.3 is 10.2 Å². The van der Waals surface area contributed by atoms with Gasteiger partial charge in [-0.3, -0.25) is 14.5 Å². The number of carbonyl (C=O) groups excluding carboxylic acids is 2. The van der Waals surface area contributed by atoms with Crippen molar-refractivity contribution in [2.45, 2.75) is 19.5 Å². The van der Waals surface area contributed by atoms with E-state index in [0.717, 1.165) is 22.8 Å². The summed E-state index contributed by atoms with van der Waals surface area (Å²) in [6, 6.07) is 7.59. The Morgan fingerprint density at radius 3 is 2.46 bits per heavy atom. The molecule has 1 saturated heterocycles. The minimum atomic E-state index is -0.177. The Labute approximate surface area is 149 Å². The maximum Gasteiger partial charge on any atom is 0.264 e. The van der Waals surface area contributed by atoms with Gasteiger partial charge in [0.05, 0.1) is 17.5 Å². The smallest absolute Gasteiger partial charge is 0.264 e. The van der Waals surface area contributed by atoms with Gasteiger partial charge in [0.15, 0.2) is 0 Å². The maximum atomic E-state index is 12.3. The molecule has 1 aliphatic rings. The largest absolute Gasteiger partial charge is 0.350 e. The van der Waals surface area contributed by atoms with Crippen LogP contribution in [0.2, 0.25) is 0 Å². The molecule has 0 bridgehead atoms. The predicted octanol–water partition coefficient (Wildman–Crippen LogP) is 2.27. The van der Waals surface area contributed by atoms with Crippen LogP contribution >= 0.6 is 22.7 Å². The first-order valence-electron chi connectivity index (χ1n) is 8.02. The third kappa shape index (κ3) is 4.03. The number of amides is 2. The van der Waals surface area contributed by atoms with E-state index in [-0.39, 0.29) is 17.9 Å². The third-order valence-electron chi connectivity index (χ3n) is 4.28. The van der Waals surface area contributed by atoms with Gasteiger partial charge in [0.1, 0.15) is 0 Å². The number of hydrogen-bond donors (Lipinski definition) is 1. The molecule has 2 amide bonds. The molecule has 24 heavy (non-hydrogen) atoms. The monoisotopic (exact) mass is 363 g/mol. The molecule has 0 spiro atoms. The standard InChI is InChI=1S/C17H21N3O2S2/c1-13(16(21)18-12-14-4-2-10-23-14)19-6-8-20(9-7-19)17(22)15-5-3-11-24-15/h2-5,10-11,13H,6-9,12H2,1H3,(H,18,21). The molecule has 7 heteroatoms. The van der Waals surface area contributed by atoms with E-state index in [1.807, 2.05) is 46.8 Å². The Morgan fingerprint density at radius 2 is 1.83 bits per heavy atom. The van der Waals surface area contributed by atoms with E-state index in [2.05, 4.69) is 10.2 Å². The predicted molar refractivity (Wildman–Crippen MR) is 97.4 cm³/mol. The molecule has 0 radical (unpaired) electrons. The average Bonchev–Trinajstić information content (AvgIpc) is 3.32. The van der Waals surface area contributed by atoms with E-state index in [9.17, 15) is 9.59 Å². The van der Waals surface area contributed by atoms with Crippen molar-refractivity contribution >= 4 is 34.5 Å². The fourth-order valence-corrected chi connectivity index (χ4v) is 4.10. The van der Waals surface area contributed by atoms with E-state index >= 15 is 0 Å². The zero-order valence-corrected chi connectivity index (χ0v) is 15.2. The van der Waals surface area contributed by atoms with Gasteiger partial charge in [0.2, 0.25) is 5.91 Å². The number of piperazine rings is 1. The molecule has 1 atom stereocenters. The zero-order chi connectivity index (χ0) is 16.9. The van der Waals surface area contributed by atoms with Crippen molar-refractivity contribution in [2.24, 2.45) is 0 Å². The molecule has 128 valence electrons. The van der Waals surface area contributed by atoms with Crippen molar-refractivity contribution in [1.82, 2.24) is 15.1 Å². The SMILES string of the molecule is CC(C(=O)NCc1cccs1)N1CCN(C(=O)c2cccs2)CC1. The molecule has 3 rings (SSSR count). The maximum absolute atomic E-state index is 12.3. The van der Waals surface area contributed by atoms with Gasteiger partial charge in [0, 0.05) is 31.1 Å². The summed E-state index contributed by atoms with van der Waals surface area (Å²) in [6.45, 7) is 5.30. The number of hydrogen-bond acceptors (Lipinski definition) is 5. The van der Waals surface area contributed by atoms with E-state index < -0.39 is 0 Å². The van der Waals surface area contributed by atoms with Crippen LogP contribution in [-0.4, -0.2) is 53.8 Å². The number of carbonyl (C=O) groups is 2. The van der Waals surface area contributed by atoms with Crippen LogP contribution in [0.3, 0.4) is 0 Å². The second-order valence-electron chi connectivity index (χ2n) is 5.78. The van der Waals surface area contributed by atoms with Gasteiger partial charge in [-0.05, 0) is 29.8 Å². The van der Waals surface area contributed by atoms with E-state index in [4.69, 9.17) is 0 Å². The summed E-state index contributed by atoms with van der Waals surface area (Å²) < 4.78 is 0. The third-order valence-corrected chi connectivity index (χ3v) is 6.01. The lowest BCUT2D eigenvalue weighted by Crippen LogP contribution is -2.54. The minimum Gasteiger partial charge on any atom is -0.350 e. The molecule has 0 aliphatic carbocycles. The molecule has 1 fully saturated rings. The van der Waals surface area contributed by atoms with Crippen LogP contribution in [-0.2, 0) is 11.3 Å². The first-order valence-corrected chi connectivity index (χ1v) is 9.78. The van der Waals surface area contributed by atoms with E-state index in [1.54, 1.807) is 11.3 Å². The van der Waals surface area contributed by atoms with Crippen LogP contribution in [0.1, 0.15) is 21.5 Å². The van der Waals surface area contributed by atoms with Crippen LogP contribution in [0.5, 0.6) is 0 Å². The van der Waals surface area contributed by atoms with Gasteiger partial charge in [-0.1, -0.05) is 12.1 Å². The van der Waals surface area contributed by atoms with Crippen molar-refractivity contribution in [2.75, 3.05) is 26.2 Å². The van der Waals surface area contributed by atoms with Crippen LogP contribution < -0.4 is 5.32 Å². The topological polar surface area (TPSA) is 52.7 Å². The molecule has 0 saturated carbocycles. The van der Waals surface area contributed by atoms with Gasteiger partial charge in [0.25, 0.3) is 5.91 Å². The Morgan fingerprint density at radius 1 is 1.12 bits per heavy atom. The summed E-state index contributed by atoms with van der Waals surface area (Å²) in [5.74, 6) is 0.140. The molecule has 5 nitrogen and oxygen atoms in total. The molecule has 2 aromatic heterocycles. The molecule has 2 aromatic rings. The summed E-state index contributed by atoms with van der Waals surface area (Å²) >= 11 is 3.12. The number of nitrogens with zero attached hydrogens (tertiary/aromatic N) is 2. The van der Waals surface area contributed by atoms with Crippen molar-refractivity contribution in [3.63, 3.8) is 0 Å². The highest BCUT2D eigenvalue weighted by atomic mass is 32.1. The minimum absolute atomic E-state index is 0.0430. The first-order chi connectivity index (χ1) is 11.6. The van der Waals surface area contributed by atoms with Gasteiger partial charge in [-0.2, -0.15) is 0 Å². The van der Waals surface area contributed by atoms with Crippen LogP contribution in [0.15, 0.2) is 35.0 Å². The van der Waals surface area contributed by atoms with Crippen molar-refractivity contribution in [3.8, 4) is 0 Å². The summed E-state index contributed by atoms with van der Waals surface area (Å²) in [7, 11) is 0. The molecular weight excluding hydrogens is 342 g/mol. The lowest BCUT2D eigenvalue weighted by atomic mass is 10.2. The highest BCUT2D eigenvalue weighted by Gasteiger charge is 2.28. The average molecular weight is 364 g/mol. The fourth-order valence-electron chi connectivity index (χ4n) is 2.77. The van der Waals surface area contributed by atoms with Crippen LogP contribution in [0.4, 0.5) is 0 Å². The lowest BCUT2D eigenvalue weighted by Gasteiger charge is -2.37. The second-order valence-corrected chi connectivity index (χ2v) is 7.76. The Hall–Kier alpha value is -1.70. The van der Waals surface area contributed by atoms with Gasteiger partial charge in [-0.15, -0.1) is 22.7 Å². The number of nitrogens with one attached hydrogen (secondary N) is 1. The summed E-state index contributed by atoms with van der Waals surface area (Å²) in [4.78, 5) is 30.6. The second kappa shape index (κ2) is 7.92. The molecule has 0 aromatic carbocycles. The van der Waals surface area contributed by atoms with Crippen molar-refractivity contribution in [1.29, 1.82) is 0 Å². The van der Waals surface area contributed by atoms with E-state index in [0.29, 0.717) is 19.6 Å². The molecule has 1 N–H and O–H groups in total. The quantitative estimate of drug-likeness (QED) is 0.887. The van der Waals surface area contributed by atoms with E-state index in [1.165, 1.54) is 11.3 Å². The first kappa shape index (κ1) is 17.1. The fraction of sp³-hybridized carbons (Fsp3) is 0.412. The normalized spacial score (nSPS) is 16.8.